The van der Waals surface area contributed by atoms with E-state index in [1.165, 1.54) is 17.3 Å². The summed E-state index contributed by atoms with van der Waals surface area (Å²) >= 11 is 1.52. The van der Waals surface area contributed by atoms with E-state index < -0.39 is 17.6 Å². The van der Waals surface area contributed by atoms with Crippen LogP contribution in [0.1, 0.15) is 33.3 Å². The summed E-state index contributed by atoms with van der Waals surface area (Å²) in [4.78, 5) is 23.5. The molecule has 21 heavy (non-hydrogen) atoms. The second-order valence-corrected chi connectivity index (χ2v) is 6.79. The molecule has 116 valence electrons. The van der Waals surface area contributed by atoms with Gasteiger partial charge in [-0.1, -0.05) is 30.3 Å². The van der Waals surface area contributed by atoms with E-state index in [-0.39, 0.29) is 5.91 Å². The molecule has 0 bridgehead atoms. The van der Waals surface area contributed by atoms with E-state index in [0.717, 1.165) is 5.75 Å². The molecular formula is C16H23NO3S. The fraction of sp³-hybridized carbons (Fsp3) is 0.500. The van der Waals surface area contributed by atoms with Gasteiger partial charge in [0.2, 0.25) is 5.91 Å². The van der Waals surface area contributed by atoms with Gasteiger partial charge in [0.05, 0.1) is 5.75 Å². The lowest BCUT2D eigenvalue weighted by Crippen LogP contribution is -2.42. The fourth-order valence-corrected chi connectivity index (χ4v) is 2.37. The summed E-state index contributed by atoms with van der Waals surface area (Å²) in [5, 5.41) is 2.65. The Labute approximate surface area is 130 Å². The highest BCUT2D eigenvalue weighted by Crippen LogP contribution is 2.12. The average molecular weight is 309 g/mol. The van der Waals surface area contributed by atoms with Crippen molar-refractivity contribution in [1.82, 2.24) is 5.32 Å². The molecule has 0 aliphatic rings. The van der Waals surface area contributed by atoms with Crippen molar-refractivity contribution in [1.29, 1.82) is 0 Å². The monoisotopic (exact) mass is 309 g/mol. The Hall–Kier alpha value is -1.49. The van der Waals surface area contributed by atoms with Crippen molar-refractivity contribution in [3.8, 4) is 0 Å². The lowest BCUT2D eigenvalue weighted by atomic mass is 10.2. The van der Waals surface area contributed by atoms with Crippen LogP contribution in [0.15, 0.2) is 30.3 Å². The minimum atomic E-state index is -0.631. The van der Waals surface area contributed by atoms with Crippen LogP contribution in [0.25, 0.3) is 0 Å². The maximum atomic E-state index is 11.8. The lowest BCUT2D eigenvalue weighted by Gasteiger charge is -2.22. The minimum Gasteiger partial charge on any atom is -0.458 e. The van der Waals surface area contributed by atoms with Gasteiger partial charge in [-0.3, -0.25) is 4.79 Å². The molecule has 1 N–H and O–H groups in total. The highest BCUT2D eigenvalue weighted by molar-refractivity contribution is 7.99. The smallest absolute Gasteiger partial charge is 0.328 e. The Bertz CT molecular complexity index is 468. The molecule has 0 unspecified atom stereocenters. The predicted molar refractivity (Wildman–Crippen MR) is 86.1 cm³/mol. The van der Waals surface area contributed by atoms with Crippen molar-refractivity contribution in [2.45, 2.75) is 45.1 Å². The molecule has 0 saturated carbocycles. The van der Waals surface area contributed by atoms with Crippen molar-refractivity contribution in [2.24, 2.45) is 0 Å². The van der Waals surface area contributed by atoms with E-state index in [1.807, 2.05) is 30.3 Å². The SMILES string of the molecule is C[C@H](NC(=O)CSCc1ccccc1)C(=O)OC(C)(C)C. The van der Waals surface area contributed by atoms with Crippen LogP contribution in [-0.4, -0.2) is 29.3 Å². The van der Waals surface area contributed by atoms with Crippen molar-refractivity contribution < 1.29 is 14.3 Å². The molecule has 1 rings (SSSR count). The first-order valence-electron chi connectivity index (χ1n) is 6.92. The number of benzene rings is 1. The van der Waals surface area contributed by atoms with E-state index in [4.69, 9.17) is 4.74 Å². The van der Waals surface area contributed by atoms with Gasteiger partial charge in [0.1, 0.15) is 11.6 Å². The van der Waals surface area contributed by atoms with Crippen LogP contribution < -0.4 is 5.32 Å². The summed E-state index contributed by atoms with van der Waals surface area (Å²) < 4.78 is 5.21. The van der Waals surface area contributed by atoms with Crippen LogP contribution >= 0.6 is 11.8 Å². The quantitative estimate of drug-likeness (QED) is 0.821. The number of rotatable bonds is 6. The Morgan fingerprint density at radius 1 is 1.24 bits per heavy atom. The third kappa shape index (κ3) is 7.75. The first-order chi connectivity index (χ1) is 9.78. The van der Waals surface area contributed by atoms with Crippen LogP contribution in [0.3, 0.4) is 0 Å². The second kappa shape index (κ2) is 8.08. The molecule has 0 saturated heterocycles. The lowest BCUT2D eigenvalue weighted by molar-refractivity contribution is -0.157. The molecule has 1 amide bonds. The first-order valence-corrected chi connectivity index (χ1v) is 8.07. The molecule has 0 fully saturated rings. The minimum absolute atomic E-state index is 0.158. The predicted octanol–water partition coefficient (Wildman–Crippen LogP) is 2.77. The van der Waals surface area contributed by atoms with Gasteiger partial charge in [-0.15, -0.1) is 11.8 Å². The van der Waals surface area contributed by atoms with Crippen LogP contribution in [0.5, 0.6) is 0 Å². The summed E-state index contributed by atoms with van der Waals surface area (Å²) in [5.41, 5.74) is 0.633. The molecule has 0 aliphatic carbocycles. The van der Waals surface area contributed by atoms with Crippen molar-refractivity contribution in [3.63, 3.8) is 0 Å². The first kappa shape index (κ1) is 17.6. The molecule has 4 nitrogen and oxygen atoms in total. The van der Waals surface area contributed by atoms with Gasteiger partial charge >= 0.3 is 5.97 Å². The molecule has 5 heteroatoms. The number of nitrogens with one attached hydrogen (secondary N) is 1. The van der Waals surface area contributed by atoms with Gasteiger partial charge in [-0.05, 0) is 33.3 Å². The molecule has 0 radical (unpaired) electrons. The van der Waals surface area contributed by atoms with Gasteiger partial charge < -0.3 is 10.1 Å². The molecule has 0 aromatic heterocycles. The maximum Gasteiger partial charge on any atom is 0.328 e. The fourth-order valence-electron chi connectivity index (χ4n) is 1.57. The van der Waals surface area contributed by atoms with Crippen molar-refractivity contribution in [2.75, 3.05) is 5.75 Å². The van der Waals surface area contributed by atoms with E-state index in [9.17, 15) is 9.59 Å². The van der Waals surface area contributed by atoms with Gasteiger partial charge in [-0.25, -0.2) is 4.79 Å². The van der Waals surface area contributed by atoms with E-state index in [2.05, 4.69) is 5.32 Å². The standard InChI is InChI=1S/C16H23NO3S/c1-12(15(19)20-16(2,3)4)17-14(18)11-21-10-13-8-6-5-7-9-13/h5-9,12H,10-11H2,1-4H3,(H,17,18)/t12-/m0/s1. The van der Waals surface area contributed by atoms with Crippen LogP contribution in [0, 0.1) is 0 Å². The summed E-state index contributed by atoms with van der Waals surface area (Å²) in [6, 6.07) is 9.32. The molecule has 0 spiro atoms. The van der Waals surface area contributed by atoms with Gasteiger partial charge in [0.25, 0.3) is 0 Å². The van der Waals surface area contributed by atoms with Crippen LogP contribution in [0.4, 0.5) is 0 Å². The molecule has 0 heterocycles. The van der Waals surface area contributed by atoms with Crippen molar-refractivity contribution in [3.05, 3.63) is 35.9 Å². The van der Waals surface area contributed by atoms with E-state index in [1.54, 1.807) is 27.7 Å². The maximum absolute atomic E-state index is 11.8. The number of amides is 1. The molecule has 0 aliphatic heterocycles. The summed E-state index contributed by atoms with van der Waals surface area (Å²) in [6.45, 7) is 7.04. The number of hydrogen-bond acceptors (Lipinski definition) is 4. The number of hydrogen-bond donors (Lipinski definition) is 1. The van der Waals surface area contributed by atoms with Crippen molar-refractivity contribution >= 4 is 23.6 Å². The number of carbonyl (C=O) groups is 2. The number of thioether (sulfide) groups is 1. The zero-order chi connectivity index (χ0) is 15.9. The number of esters is 1. The molecule has 1 atom stereocenters. The van der Waals surface area contributed by atoms with Crippen LogP contribution in [0.2, 0.25) is 0 Å². The second-order valence-electron chi connectivity index (χ2n) is 5.80. The highest BCUT2D eigenvalue weighted by atomic mass is 32.2. The van der Waals surface area contributed by atoms with Gasteiger partial charge in [-0.2, -0.15) is 0 Å². The Balaban J connectivity index is 2.28. The zero-order valence-corrected chi connectivity index (χ0v) is 13.8. The Morgan fingerprint density at radius 2 is 1.86 bits per heavy atom. The molecular weight excluding hydrogens is 286 g/mol. The van der Waals surface area contributed by atoms with Crippen LogP contribution in [-0.2, 0) is 20.1 Å². The molecule has 1 aromatic carbocycles. The summed E-state index contributed by atoms with van der Waals surface area (Å²) in [7, 11) is 0. The number of carbonyl (C=O) groups excluding carboxylic acids is 2. The summed E-state index contributed by atoms with van der Waals surface area (Å²) in [6.07, 6.45) is 0. The van der Waals surface area contributed by atoms with Gasteiger partial charge in [0, 0.05) is 5.75 Å². The Kier molecular flexibility index (Phi) is 6.75. The normalized spacial score (nSPS) is 12.6. The highest BCUT2D eigenvalue weighted by Gasteiger charge is 2.22. The topological polar surface area (TPSA) is 55.4 Å². The third-order valence-corrected chi connectivity index (χ3v) is 3.49. The Morgan fingerprint density at radius 3 is 2.43 bits per heavy atom. The van der Waals surface area contributed by atoms with Gasteiger partial charge in [0.15, 0.2) is 0 Å². The van der Waals surface area contributed by atoms with E-state index >= 15 is 0 Å². The summed E-state index contributed by atoms with van der Waals surface area (Å²) in [5.74, 6) is 0.523. The molecule has 1 aromatic rings. The third-order valence-electron chi connectivity index (χ3n) is 2.48. The number of ether oxygens (including phenoxy) is 1. The largest absolute Gasteiger partial charge is 0.458 e. The zero-order valence-electron chi connectivity index (χ0n) is 13.0. The van der Waals surface area contributed by atoms with E-state index in [0.29, 0.717) is 5.75 Å². The average Bonchev–Trinajstić information content (AvgIpc) is 2.37.